The van der Waals surface area contributed by atoms with Crippen LogP contribution in [0.3, 0.4) is 0 Å². The lowest BCUT2D eigenvalue weighted by Gasteiger charge is -2.14. The van der Waals surface area contributed by atoms with Crippen molar-refractivity contribution in [3.8, 4) is 0 Å². The number of amides is 1. The second kappa shape index (κ2) is 5.46. The number of nitrogens with one attached hydrogen (secondary N) is 1. The van der Waals surface area contributed by atoms with Gasteiger partial charge in [-0.3, -0.25) is 4.79 Å². The monoisotopic (exact) mass is 191 g/mol. The molecule has 0 rings (SSSR count). The normalized spacial score (nSPS) is 14.7. The van der Waals surface area contributed by atoms with Gasteiger partial charge in [-0.2, -0.15) is 0 Å². The van der Waals surface area contributed by atoms with Crippen molar-refractivity contribution in [2.45, 2.75) is 12.1 Å². The number of hydrogen-bond acceptors (Lipinski definition) is 5. The standard InChI is InChI=1S/C6H13N3O4/c7-1-3(8)5(11)9-4(2-10)6(12)13/h3-4,10H,1-2,7-8H2,(H,9,11)(H,12,13)/t3?,4-/m0/s1. The lowest BCUT2D eigenvalue weighted by Crippen LogP contribution is -2.52. The number of carbonyl (C=O) groups excluding carboxylic acids is 1. The Hall–Kier alpha value is -1.18. The van der Waals surface area contributed by atoms with Gasteiger partial charge in [0.15, 0.2) is 0 Å². The Labute approximate surface area is 74.7 Å². The van der Waals surface area contributed by atoms with Gasteiger partial charge in [-0.1, -0.05) is 0 Å². The van der Waals surface area contributed by atoms with Crippen LogP contribution in [0.2, 0.25) is 0 Å². The predicted octanol–water partition coefficient (Wildman–Crippen LogP) is -3.17. The topological polar surface area (TPSA) is 139 Å². The van der Waals surface area contributed by atoms with Gasteiger partial charge in [0.05, 0.1) is 12.6 Å². The Balaban J connectivity index is 4.09. The largest absolute Gasteiger partial charge is 0.480 e. The highest BCUT2D eigenvalue weighted by atomic mass is 16.4. The quantitative estimate of drug-likeness (QED) is 0.311. The average Bonchev–Trinajstić information content (AvgIpc) is 2.11. The molecule has 0 saturated carbocycles. The van der Waals surface area contributed by atoms with Crippen molar-refractivity contribution in [2.24, 2.45) is 11.5 Å². The first-order valence-electron chi connectivity index (χ1n) is 3.62. The molecule has 7 heteroatoms. The van der Waals surface area contributed by atoms with Crippen LogP contribution in [0.25, 0.3) is 0 Å². The SMILES string of the molecule is NCC(N)C(=O)N[C@@H](CO)C(=O)O. The molecule has 2 atom stereocenters. The minimum Gasteiger partial charge on any atom is -0.480 e. The van der Waals surface area contributed by atoms with E-state index < -0.39 is 30.6 Å². The molecule has 1 amide bonds. The molecule has 0 aromatic carbocycles. The molecule has 0 spiro atoms. The minimum atomic E-state index is -1.33. The smallest absolute Gasteiger partial charge is 0.328 e. The van der Waals surface area contributed by atoms with Gasteiger partial charge in [0.25, 0.3) is 0 Å². The van der Waals surface area contributed by atoms with Crippen molar-refractivity contribution in [2.75, 3.05) is 13.2 Å². The van der Waals surface area contributed by atoms with E-state index in [0.29, 0.717) is 0 Å². The van der Waals surface area contributed by atoms with E-state index in [0.717, 1.165) is 0 Å². The number of hydrogen-bond donors (Lipinski definition) is 5. The number of rotatable bonds is 5. The van der Waals surface area contributed by atoms with Gasteiger partial charge in [-0.25, -0.2) is 4.79 Å². The molecule has 0 heterocycles. The summed E-state index contributed by atoms with van der Waals surface area (Å²) in [6.07, 6.45) is 0. The van der Waals surface area contributed by atoms with Crippen LogP contribution < -0.4 is 16.8 Å². The van der Waals surface area contributed by atoms with Gasteiger partial charge in [0.1, 0.15) is 6.04 Å². The van der Waals surface area contributed by atoms with E-state index in [2.05, 4.69) is 0 Å². The molecule has 1 unspecified atom stereocenters. The maximum Gasteiger partial charge on any atom is 0.328 e. The number of aliphatic hydroxyl groups excluding tert-OH is 1. The van der Waals surface area contributed by atoms with Crippen LogP contribution in [-0.2, 0) is 9.59 Å². The fraction of sp³-hybridized carbons (Fsp3) is 0.667. The lowest BCUT2D eigenvalue weighted by molar-refractivity contribution is -0.143. The van der Waals surface area contributed by atoms with Gasteiger partial charge >= 0.3 is 5.97 Å². The summed E-state index contributed by atoms with van der Waals surface area (Å²) in [5.74, 6) is -2.01. The van der Waals surface area contributed by atoms with E-state index in [-0.39, 0.29) is 6.54 Å². The molecule has 0 aliphatic heterocycles. The zero-order valence-electron chi connectivity index (χ0n) is 6.93. The van der Waals surface area contributed by atoms with E-state index in [9.17, 15) is 9.59 Å². The van der Waals surface area contributed by atoms with Crippen LogP contribution in [0.15, 0.2) is 0 Å². The van der Waals surface area contributed by atoms with Crippen LogP contribution in [0.5, 0.6) is 0 Å². The molecule has 76 valence electrons. The molecule has 0 aliphatic rings. The summed E-state index contributed by atoms with van der Waals surface area (Å²) >= 11 is 0. The number of aliphatic carboxylic acids is 1. The van der Waals surface area contributed by atoms with Crippen molar-refractivity contribution in [1.82, 2.24) is 5.32 Å². The van der Waals surface area contributed by atoms with Gasteiger partial charge in [0, 0.05) is 6.54 Å². The maximum atomic E-state index is 11.0. The van der Waals surface area contributed by atoms with Crippen molar-refractivity contribution in [3.63, 3.8) is 0 Å². The summed E-state index contributed by atoms with van der Waals surface area (Å²) in [5.41, 5.74) is 10.3. The number of carboxylic acids is 1. The summed E-state index contributed by atoms with van der Waals surface area (Å²) in [6, 6.07) is -2.28. The maximum absolute atomic E-state index is 11.0. The molecule has 0 aliphatic carbocycles. The molecule has 0 saturated heterocycles. The number of aliphatic hydroxyl groups is 1. The zero-order chi connectivity index (χ0) is 10.4. The first-order chi connectivity index (χ1) is 6.02. The van der Waals surface area contributed by atoms with Gasteiger partial charge in [-0.15, -0.1) is 0 Å². The van der Waals surface area contributed by atoms with E-state index in [1.54, 1.807) is 0 Å². The third-order valence-corrected chi connectivity index (χ3v) is 1.39. The number of nitrogens with two attached hydrogens (primary N) is 2. The lowest BCUT2D eigenvalue weighted by atomic mass is 10.2. The molecule has 7 N–H and O–H groups in total. The van der Waals surface area contributed by atoms with Crippen molar-refractivity contribution in [1.29, 1.82) is 0 Å². The van der Waals surface area contributed by atoms with Gasteiger partial charge < -0.3 is 27.0 Å². The highest BCUT2D eigenvalue weighted by Gasteiger charge is 2.21. The highest BCUT2D eigenvalue weighted by molar-refractivity contribution is 5.86. The van der Waals surface area contributed by atoms with Crippen LogP contribution in [0.1, 0.15) is 0 Å². The second-order valence-electron chi connectivity index (χ2n) is 2.42. The molecule has 0 bridgehead atoms. The third-order valence-electron chi connectivity index (χ3n) is 1.39. The van der Waals surface area contributed by atoms with Crippen LogP contribution in [0.4, 0.5) is 0 Å². The summed E-state index contributed by atoms with van der Waals surface area (Å²) in [7, 11) is 0. The van der Waals surface area contributed by atoms with Crippen LogP contribution >= 0.6 is 0 Å². The average molecular weight is 191 g/mol. The summed E-state index contributed by atoms with van der Waals surface area (Å²) in [5, 5.41) is 19.0. The Morgan fingerprint density at radius 1 is 1.46 bits per heavy atom. The van der Waals surface area contributed by atoms with Crippen molar-refractivity contribution < 1.29 is 19.8 Å². The Bertz CT molecular complexity index is 196. The van der Waals surface area contributed by atoms with Gasteiger partial charge in [0.2, 0.25) is 5.91 Å². The molecular formula is C6H13N3O4. The Morgan fingerprint density at radius 2 is 2.00 bits per heavy atom. The summed E-state index contributed by atoms with van der Waals surface area (Å²) in [6.45, 7) is -0.762. The molecule has 13 heavy (non-hydrogen) atoms. The number of carbonyl (C=O) groups is 2. The van der Waals surface area contributed by atoms with Crippen molar-refractivity contribution >= 4 is 11.9 Å². The molecule has 0 radical (unpaired) electrons. The first-order valence-corrected chi connectivity index (χ1v) is 3.62. The molecule has 0 aromatic heterocycles. The molecule has 0 fully saturated rings. The minimum absolute atomic E-state index is 0.0798. The van der Waals surface area contributed by atoms with Gasteiger partial charge in [-0.05, 0) is 0 Å². The molecule has 0 aromatic rings. The summed E-state index contributed by atoms with van der Waals surface area (Å²) < 4.78 is 0. The zero-order valence-corrected chi connectivity index (χ0v) is 6.93. The van der Waals surface area contributed by atoms with E-state index >= 15 is 0 Å². The fourth-order valence-corrected chi connectivity index (χ4v) is 0.571. The highest BCUT2D eigenvalue weighted by Crippen LogP contribution is 1.84. The molecule has 7 nitrogen and oxygen atoms in total. The predicted molar refractivity (Wildman–Crippen MR) is 43.7 cm³/mol. The number of carboxylic acid groups (broad SMARTS) is 1. The second-order valence-corrected chi connectivity index (χ2v) is 2.42. The summed E-state index contributed by atoms with van der Waals surface area (Å²) in [4.78, 5) is 21.3. The fourth-order valence-electron chi connectivity index (χ4n) is 0.571. The van der Waals surface area contributed by atoms with Crippen molar-refractivity contribution in [3.05, 3.63) is 0 Å². The van der Waals surface area contributed by atoms with Crippen LogP contribution in [-0.4, -0.2) is 47.3 Å². The third kappa shape index (κ3) is 3.83. The van der Waals surface area contributed by atoms with E-state index in [1.807, 2.05) is 5.32 Å². The Morgan fingerprint density at radius 3 is 2.31 bits per heavy atom. The first kappa shape index (κ1) is 11.8. The molecular weight excluding hydrogens is 178 g/mol. The Kier molecular flexibility index (Phi) is 4.97. The van der Waals surface area contributed by atoms with E-state index in [1.165, 1.54) is 0 Å². The van der Waals surface area contributed by atoms with Crippen LogP contribution in [0, 0.1) is 0 Å². The van der Waals surface area contributed by atoms with E-state index in [4.69, 9.17) is 21.7 Å².